The molecule has 2 aromatic carbocycles. The number of anilines is 2. The average Bonchev–Trinajstić information content (AvgIpc) is 3.03. The number of carboxylic acid groups (broad SMARTS) is 1. The van der Waals surface area contributed by atoms with Gasteiger partial charge in [0.25, 0.3) is 0 Å². The summed E-state index contributed by atoms with van der Waals surface area (Å²) in [5, 5.41) is 21.6. The summed E-state index contributed by atoms with van der Waals surface area (Å²) in [5.74, 6) is -3.07. The first-order valence-corrected chi connectivity index (χ1v) is 10.9. The SMILES string of the molecule is CC(C)(C)OC(=O)Nc1sc2c(F)ccc(-c3c(I)cc(C(=O)O)c(N)c3F)c2c1C#N. The van der Waals surface area contributed by atoms with Crippen molar-refractivity contribution in [3.63, 3.8) is 0 Å². The van der Waals surface area contributed by atoms with Crippen LogP contribution in [-0.4, -0.2) is 22.8 Å². The molecule has 4 N–H and O–H groups in total. The largest absolute Gasteiger partial charge is 0.478 e. The molecule has 3 rings (SSSR count). The van der Waals surface area contributed by atoms with Crippen LogP contribution in [0.15, 0.2) is 18.2 Å². The Morgan fingerprint density at radius 3 is 2.53 bits per heavy atom. The number of carbonyl (C=O) groups excluding carboxylic acids is 1. The van der Waals surface area contributed by atoms with Gasteiger partial charge in [-0.2, -0.15) is 5.26 Å². The summed E-state index contributed by atoms with van der Waals surface area (Å²) in [5.41, 5.74) is 3.89. The first-order chi connectivity index (χ1) is 14.9. The zero-order valence-corrected chi connectivity index (χ0v) is 19.9. The van der Waals surface area contributed by atoms with Gasteiger partial charge < -0.3 is 15.6 Å². The summed E-state index contributed by atoms with van der Waals surface area (Å²) < 4.78 is 35.2. The monoisotopic (exact) mass is 571 g/mol. The van der Waals surface area contributed by atoms with Crippen molar-refractivity contribution in [2.75, 3.05) is 11.1 Å². The highest BCUT2D eigenvalue weighted by Crippen LogP contribution is 2.45. The van der Waals surface area contributed by atoms with E-state index in [9.17, 15) is 24.3 Å². The second-order valence-corrected chi connectivity index (χ2v) is 9.84. The van der Waals surface area contributed by atoms with Gasteiger partial charge in [0.05, 0.1) is 21.5 Å². The van der Waals surface area contributed by atoms with E-state index in [1.807, 2.05) is 6.07 Å². The Balaban J connectivity index is 2.28. The highest BCUT2D eigenvalue weighted by atomic mass is 127. The summed E-state index contributed by atoms with van der Waals surface area (Å²) in [6.45, 7) is 4.99. The standard InChI is InChI=1S/C21H16F2IN3O4S/c1-21(2,3)31-20(30)27-18-10(7-25)13-8(4-5-11(22)17(13)32-18)14-12(24)6-9(19(28)29)16(26)15(14)23/h4-6H,26H2,1-3H3,(H,27,30)(H,28,29). The Morgan fingerprint density at radius 1 is 1.31 bits per heavy atom. The van der Waals surface area contributed by atoms with Crippen molar-refractivity contribution < 1.29 is 28.2 Å². The molecule has 11 heteroatoms. The van der Waals surface area contributed by atoms with Crippen molar-refractivity contribution in [3.05, 3.63) is 44.5 Å². The first-order valence-electron chi connectivity index (χ1n) is 9.02. The number of nitrogens with zero attached hydrogens (tertiary/aromatic N) is 1. The number of hydrogen-bond acceptors (Lipinski definition) is 6. The number of nitrogens with two attached hydrogens (primary N) is 1. The van der Waals surface area contributed by atoms with Gasteiger partial charge in [0.2, 0.25) is 0 Å². The number of carboxylic acids is 1. The number of nitrogen functional groups attached to an aromatic ring is 1. The number of fused-ring (bicyclic) bond motifs is 1. The zero-order chi connectivity index (χ0) is 24.0. The lowest BCUT2D eigenvalue weighted by molar-refractivity contribution is 0.0634. The van der Waals surface area contributed by atoms with Gasteiger partial charge >= 0.3 is 12.1 Å². The number of nitriles is 1. The summed E-state index contributed by atoms with van der Waals surface area (Å²) >= 11 is 2.55. The minimum Gasteiger partial charge on any atom is -0.478 e. The van der Waals surface area contributed by atoms with Crippen molar-refractivity contribution in [2.45, 2.75) is 26.4 Å². The maximum absolute atomic E-state index is 15.2. The maximum atomic E-state index is 15.2. The van der Waals surface area contributed by atoms with Crippen LogP contribution < -0.4 is 11.1 Å². The van der Waals surface area contributed by atoms with E-state index in [1.165, 1.54) is 12.1 Å². The number of nitrogens with one attached hydrogen (secondary N) is 1. The van der Waals surface area contributed by atoms with Crippen LogP contribution in [0.4, 0.5) is 24.3 Å². The van der Waals surface area contributed by atoms with Gasteiger partial charge in [-0.1, -0.05) is 6.07 Å². The van der Waals surface area contributed by atoms with E-state index >= 15 is 4.39 Å². The molecule has 7 nitrogen and oxygen atoms in total. The molecule has 0 spiro atoms. The van der Waals surface area contributed by atoms with Gasteiger partial charge in [0.15, 0.2) is 5.82 Å². The van der Waals surface area contributed by atoms with E-state index < -0.39 is 40.5 Å². The third-order valence-corrected chi connectivity index (χ3v) is 6.24. The average molecular weight is 571 g/mol. The number of ether oxygens (including phenoxy) is 1. The van der Waals surface area contributed by atoms with Crippen LogP contribution in [0.3, 0.4) is 0 Å². The molecule has 0 unspecified atom stereocenters. The molecule has 0 saturated carbocycles. The highest BCUT2D eigenvalue weighted by molar-refractivity contribution is 14.1. The van der Waals surface area contributed by atoms with Crippen LogP contribution >= 0.6 is 33.9 Å². The molecule has 3 aromatic rings. The van der Waals surface area contributed by atoms with Crippen molar-refractivity contribution in [1.29, 1.82) is 5.26 Å². The number of benzene rings is 2. The second-order valence-electron chi connectivity index (χ2n) is 7.66. The number of rotatable bonds is 3. The van der Waals surface area contributed by atoms with Crippen LogP contribution in [-0.2, 0) is 4.74 Å². The van der Waals surface area contributed by atoms with Gasteiger partial charge in [0, 0.05) is 14.5 Å². The Labute approximate surface area is 198 Å². The van der Waals surface area contributed by atoms with Crippen LogP contribution in [0.25, 0.3) is 21.2 Å². The molecule has 0 aliphatic carbocycles. The van der Waals surface area contributed by atoms with Crippen LogP contribution in [0.5, 0.6) is 0 Å². The molecular weight excluding hydrogens is 555 g/mol. The number of amides is 1. The molecule has 1 heterocycles. The van der Waals surface area contributed by atoms with Gasteiger partial charge in [-0.3, -0.25) is 5.32 Å². The summed E-state index contributed by atoms with van der Waals surface area (Å²) in [6.07, 6.45) is -0.835. The third kappa shape index (κ3) is 4.33. The molecule has 0 aliphatic rings. The molecule has 0 bridgehead atoms. The van der Waals surface area contributed by atoms with E-state index in [2.05, 4.69) is 5.32 Å². The molecule has 166 valence electrons. The van der Waals surface area contributed by atoms with Crippen molar-refractivity contribution >= 4 is 66.8 Å². The Bertz CT molecular complexity index is 1330. The van der Waals surface area contributed by atoms with E-state index in [0.29, 0.717) is 0 Å². The Kier molecular flexibility index (Phi) is 6.30. The van der Waals surface area contributed by atoms with E-state index in [1.54, 1.807) is 43.4 Å². The zero-order valence-electron chi connectivity index (χ0n) is 17.0. The minimum absolute atomic E-state index is 0.0150. The molecule has 0 atom stereocenters. The van der Waals surface area contributed by atoms with Gasteiger partial charge in [-0.15, -0.1) is 11.3 Å². The van der Waals surface area contributed by atoms with Crippen molar-refractivity contribution in [1.82, 2.24) is 0 Å². The predicted molar refractivity (Wildman–Crippen MR) is 126 cm³/mol. The molecule has 1 amide bonds. The molecule has 1 aromatic heterocycles. The number of thiophene rings is 1. The topological polar surface area (TPSA) is 125 Å². The molecule has 0 saturated heterocycles. The summed E-state index contributed by atoms with van der Waals surface area (Å²) in [7, 11) is 0. The number of hydrogen-bond donors (Lipinski definition) is 3. The first kappa shape index (κ1) is 23.7. The van der Waals surface area contributed by atoms with E-state index in [0.717, 1.165) is 17.4 Å². The quantitative estimate of drug-likeness (QED) is 0.264. The Morgan fingerprint density at radius 2 is 1.97 bits per heavy atom. The van der Waals surface area contributed by atoms with E-state index in [4.69, 9.17) is 10.5 Å². The van der Waals surface area contributed by atoms with Crippen LogP contribution in [0.1, 0.15) is 36.7 Å². The van der Waals surface area contributed by atoms with Crippen molar-refractivity contribution in [3.8, 4) is 17.2 Å². The number of halogens is 3. The predicted octanol–water partition coefficient (Wildman–Crippen LogP) is 5.95. The fraction of sp³-hybridized carbons (Fsp3) is 0.190. The summed E-state index contributed by atoms with van der Waals surface area (Å²) in [4.78, 5) is 23.5. The van der Waals surface area contributed by atoms with Crippen molar-refractivity contribution in [2.24, 2.45) is 0 Å². The maximum Gasteiger partial charge on any atom is 0.412 e. The second kappa shape index (κ2) is 8.51. The van der Waals surface area contributed by atoms with Crippen LogP contribution in [0.2, 0.25) is 0 Å². The summed E-state index contributed by atoms with van der Waals surface area (Å²) in [6, 6.07) is 5.51. The third-order valence-electron chi connectivity index (χ3n) is 4.27. The fourth-order valence-corrected chi connectivity index (χ4v) is 4.94. The van der Waals surface area contributed by atoms with Crippen LogP contribution in [0, 0.1) is 26.5 Å². The lowest BCUT2D eigenvalue weighted by Gasteiger charge is -2.19. The molecule has 0 radical (unpaired) electrons. The lowest BCUT2D eigenvalue weighted by Crippen LogP contribution is -2.27. The number of carbonyl (C=O) groups is 2. The van der Waals surface area contributed by atoms with Gasteiger partial charge in [-0.05, 0) is 61.1 Å². The fourth-order valence-electron chi connectivity index (χ4n) is 3.03. The Hall–Kier alpha value is -2.98. The number of aromatic carboxylic acids is 1. The van der Waals surface area contributed by atoms with Gasteiger partial charge in [0.1, 0.15) is 22.5 Å². The smallest absolute Gasteiger partial charge is 0.412 e. The molecule has 0 aliphatic heterocycles. The van der Waals surface area contributed by atoms with E-state index in [-0.39, 0.29) is 35.3 Å². The molecular formula is C21H16F2IN3O4S. The lowest BCUT2D eigenvalue weighted by atomic mass is 9.96. The highest BCUT2D eigenvalue weighted by Gasteiger charge is 2.26. The minimum atomic E-state index is -1.40. The molecule has 32 heavy (non-hydrogen) atoms. The molecule has 0 fully saturated rings. The normalized spacial score (nSPS) is 11.3. The van der Waals surface area contributed by atoms with Gasteiger partial charge in [-0.25, -0.2) is 18.4 Å².